The van der Waals surface area contributed by atoms with Crippen LogP contribution in [0.5, 0.6) is 0 Å². The quantitative estimate of drug-likeness (QED) is 0.418. The third-order valence-electron chi connectivity index (χ3n) is 5.66. The van der Waals surface area contributed by atoms with Gasteiger partial charge >= 0.3 is 5.63 Å². The molecule has 3 aromatic rings. The molecule has 1 N–H and O–H groups in total. The van der Waals surface area contributed by atoms with Gasteiger partial charge in [-0.1, -0.05) is 30.7 Å². The van der Waals surface area contributed by atoms with Gasteiger partial charge in [-0.15, -0.1) is 0 Å². The summed E-state index contributed by atoms with van der Waals surface area (Å²) < 4.78 is 18.9. The van der Waals surface area contributed by atoms with Crippen molar-refractivity contribution in [2.24, 2.45) is 5.92 Å². The molecule has 174 valence electrons. The molecular formula is C25H25ClFNO5. The van der Waals surface area contributed by atoms with Gasteiger partial charge in [0, 0.05) is 41.6 Å². The summed E-state index contributed by atoms with van der Waals surface area (Å²) in [4.78, 5) is 35.2. The average Bonchev–Trinajstić information content (AvgIpc) is 2.79. The smallest absolute Gasteiger partial charge is 0.336 e. The van der Waals surface area contributed by atoms with Crippen molar-refractivity contribution in [1.29, 1.82) is 0 Å². The van der Waals surface area contributed by atoms with Crippen LogP contribution in [0.1, 0.15) is 31.7 Å². The van der Waals surface area contributed by atoms with Crippen molar-refractivity contribution >= 4 is 34.9 Å². The Bertz CT molecular complexity index is 1200. The van der Waals surface area contributed by atoms with E-state index in [-0.39, 0.29) is 23.3 Å². The zero-order valence-electron chi connectivity index (χ0n) is 18.2. The van der Waals surface area contributed by atoms with Gasteiger partial charge in [-0.3, -0.25) is 9.59 Å². The summed E-state index contributed by atoms with van der Waals surface area (Å²) in [6.07, 6.45) is 3.88. The van der Waals surface area contributed by atoms with Gasteiger partial charge in [0.15, 0.2) is 0 Å². The number of benzene rings is 2. The minimum absolute atomic E-state index is 0.151. The van der Waals surface area contributed by atoms with Crippen LogP contribution in [-0.2, 0) is 16.0 Å². The van der Waals surface area contributed by atoms with E-state index in [4.69, 9.17) is 25.9 Å². The molecule has 8 heteroatoms. The first kappa shape index (κ1) is 24.5. The van der Waals surface area contributed by atoms with E-state index in [9.17, 15) is 14.0 Å². The van der Waals surface area contributed by atoms with Gasteiger partial charge in [-0.25, -0.2) is 9.18 Å². The zero-order chi connectivity index (χ0) is 24.0. The normalized spacial score (nSPS) is 14.3. The highest BCUT2D eigenvalue weighted by Gasteiger charge is 2.22. The number of carbonyl (C=O) groups is 2. The number of likely N-dealkylation sites (tertiary alicyclic amines) is 1. The molecule has 0 aliphatic carbocycles. The Kier molecular flexibility index (Phi) is 8.22. The van der Waals surface area contributed by atoms with Crippen LogP contribution in [0.3, 0.4) is 0 Å². The van der Waals surface area contributed by atoms with Gasteiger partial charge in [-0.05, 0) is 55.5 Å². The first-order valence-corrected chi connectivity index (χ1v) is 11.1. The summed E-state index contributed by atoms with van der Waals surface area (Å²) in [5, 5.41) is 7.83. The fourth-order valence-corrected chi connectivity index (χ4v) is 4.40. The van der Waals surface area contributed by atoms with E-state index in [0.717, 1.165) is 31.5 Å². The van der Waals surface area contributed by atoms with Gasteiger partial charge in [0.2, 0.25) is 5.91 Å². The van der Waals surface area contributed by atoms with Crippen molar-refractivity contribution in [2.45, 2.75) is 32.6 Å². The summed E-state index contributed by atoms with van der Waals surface area (Å²) in [6, 6.07) is 11.0. The molecule has 1 aromatic heterocycles. The molecule has 4 rings (SSSR count). The Hall–Kier alpha value is -3.19. The van der Waals surface area contributed by atoms with Gasteiger partial charge in [0.1, 0.15) is 11.4 Å². The van der Waals surface area contributed by atoms with Crippen molar-refractivity contribution in [3.05, 3.63) is 69.3 Å². The maximum Gasteiger partial charge on any atom is 0.336 e. The lowest BCUT2D eigenvalue weighted by molar-refractivity contribution is -0.135. The van der Waals surface area contributed by atoms with Crippen LogP contribution in [-0.4, -0.2) is 35.5 Å². The number of carbonyl (C=O) groups excluding carboxylic acids is 1. The standard InChI is InChI=1S/C24H23ClFNO3.CH2O2/c1-15(24(29)27-9-3-2-4-10-27)11-16-5-7-19-20(14-23(28)30-22(19)12-16)18-8-6-17(26)13-21(18)25;2-1-3/h5-8,12-15H,2-4,9-11H2,1H3;1H,(H,2,3). The van der Waals surface area contributed by atoms with Crippen molar-refractivity contribution in [3.8, 4) is 11.1 Å². The number of piperidine rings is 1. The Morgan fingerprint density at radius 2 is 1.85 bits per heavy atom. The van der Waals surface area contributed by atoms with E-state index in [1.165, 1.54) is 24.6 Å². The van der Waals surface area contributed by atoms with Crippen LogP contribution >= 0.6 is 11.6 Å². The fraction of sp³-hybridized carbons (Fsp3) is 0.320. The molecule has 6 nitrogen and oxygen atoms in total. The van der Waals surface area contributed by atoms with E-state index < -0.39 is 11.4 Å². The molecule has 0 spiro atoms. The molecule has 1 fully saturated rings. The highest BCUT2D eigenvalue weighted by atomic mass is 35.5. The second kappa shape index (κ2) is 11.1. The molecule has 0 bridgehead atoms. The maximum atomic E-state index is 13.4. The second-order valence-corrected chi connectivity index (χ2v) is 8.44. The summed E-state index contributed by atoms with van der Waals surface area (Å²) in [7, 11) is 0. The van der Waals surface area contributed by atoms with Crippen molar-refractivity contribution in [2.75, 3.05) is 13.1 Å². The minimum atomic E-state index is -0.507. The van der Waals surface area contributed by atoms with Crippen molar-refractivity contribution in [1.82, 2.24) is 4.90 Å². The van der Waals surface area contributed by atoms with Crippen molar-refractivity contribution in [3.63, 3.8) is 0 Å². The lowest BCUT2D eigenvalue weighted by Gasteiger charge is -2.29. The zero-order valence-corrected chi connectivity index (χ0v) is 19.0. The molecule has 1 atom stereocenters. The Balaban J connectivity index is 0.000000968. The first-order chi connectivity index (χ1) is 15.8. The molecule has 0 radical (unpaired) electrons. The summed E-state index contributed by atoms with van der Waals surface area (Å²) in [5.41, 5.74) is 2.00. The lowest BCUT2D eigenvalue weighted by Crippen LogP contribution is -2.39. The molecule has 33 heavy (non-hydrogen) atoms. The topological polar surface area (TPSA) is 87.8 Å². The highest BCUT2D eigenvalue weighted by Crippen LogP contribution is 2.33. The highest BCUT2D eigenvalue weighted by molar-refractivity contribution is 6.33. The molecule has 0 saturated carbocycles. The van der Waals surface area contributed by atoms with Crippen LogP contribution in [0.4, 0.5) is 4.39 Å². The second-order valence-electron chi connectivity index (χ2n) is 8.03. The van der Waals surface area contributed by atoms with Gasteiger partial charge < -0.3 is 14.4 Å². The Labute approximate surface area is 195 Å². The van der Waals surface area contributed by atoms with E-state index in [2.05, 4.69) is 0 Å². The maximum absolute atomic E-state index is 13.4. The van der Waals surface area contributed by atoms with Crippen LogP contribution in [0.15, 0.2) is 51.7 Å². The number of hydrogen-bond acceptors (Lipinski definition) is 4. The van der Waals surface area contributed by atoms with Gasteiger partial charge in [-0.2, -0.15) is 0 Å². The van der Waals surface area contributed by atoms with Crippen LogP contribution in [0.25, 0.3) is 22.1 Å². The largest absolute Gasteiger partial charge is 0.483 e. The number of hydrogen-bond donors (Lipinski definition) is 1. The predicted octanol–water partition coefficient (Wildman–Crippen LogP) is 5.14. The molecule has 2 heterocycles. The monoisotopic (exact) mass is 473 g/mol. The molecule has 2 aromatic carbocycles. The number of halogens is 2. The lowest BCUT2D eigenvalue weighted by atomic mass is 9.96. The number of carboxylic acid groups (broad SMARTS) is 1. The SMILES string of the molecule is CC(Cc1ccc2c(-c3ccc(F)cc3Cl)cc(=O)oc2c1)C(=O)N1CCCCC1.O=CO. The third kappa shape index (κ3) is 5.99. The van der Waals surface area contributed by atoms with Gasteiger partial charge in [0.05, 0.1) is 5.02 Å². The van der Waals surface area contributed by atoms with Crippen molar-refractivity contribution < 1.29 is 23.5 Å². The molecule has 1 amide bonds. The number of rotatable bonds is 4. The number of nitrogens with zero attached hydrogens (tertiary/aromatic N) is 1. The number of fused-ring (bicyclic) bond motifs is 1. The summed E-state index contributed by atoms with van der Waals surface area (Å²) >= 11 is 6.21. The molecule has 1 saturated heterocycles. The molecule has 1 aliphatic heterocycles. The first-order valence-electron chi connectivity index (χ1n) is 10.7. The van der Waals surface area contributed by atoms with Crippen LogP contribution in [0.2, 0.25) is 5.02 Å². The number of amides is 1. The van der Waals surface area contributed by atoms with Crippen LogP contribution < -0.4 is 5.63 Å². The third-order valence-corrected chi connectivity index (χ3v) is 5.97. The van der Waals surface area contributed by atoms with Crippen LogP contribution in [0, 0.1) is 11.7 Å². The van der Waals surface area contributed by atoms with E-state index in [0.29, 0.717) is 28.5 Å². The minimum Gasteiger partial charge on any atom is -0.483 e. The fourth-order valence-electron chi connectivity index (χ4n) is 4.13. The van der Waals surface area contributed by atoms with E-state index in [1.54, 1.807) is 12.1 Å². The molecule has 1 unspecified atom stereocenters. The average molecular weight is 474 g/mol. The van der Waals surface area contributed by atoms with Gasteiger partial charge in [0.25, 0.3) is 6.47 Å². The summed E-state index contributed by atoms with van der Waals surface area (Å²) in [6.45, 7) is 3.35. The van der Waals surface area contributed by atoms with E-state index in [1.807, 2.05) is 24.0 Å². The molecule has 1 aliphatic rings. The Morgan fingerprint density at radius 1 is 1.15 bits per heavy atom. The predicted molar refractivity (Wildman–Crippen MR) is 125 cm³/mol. The van der Waals surface area contributed by atoms with E-state index >= 15 is 0 Å². The summed E-state index contributed by atoms with van der Waals surface area (Å²) in [5.74, 6) is -0.421. The molecular weight excluding hydrogens is 449 g/mol. The Morgan fingerprint density at radius 3 is 2.52 bits per heavy atom.